The smallest absolute Gasteiger partial charge is 0.270 e. The molecule has 0 saturated heterocycles. The summed E-state index contributed by atoms with van der Waals surface area (Å²) in [6.45, 7) is 6.26. The molecule has 144 valence electrons. The summed E-state index contributed by atoms with van der Waals surface area (Å²) >= 11 is 0. The molecule has 1 aromatic carbocycles. The van der Waals surface area contributed by atoms with Crippen LogP contribution in [0, 0.1) is 0 Å². The molecule has 2 aromatic rings. The van der Waals surface area contributed by atoms with E-state index in [-0.39, 0.29) is 28.7 Å². The van der Waals surface area contributed by atoms with Gasteiger partial charge in [0.1, 0.15) is 29.5 Å². The Morgan fingerprint density at radius 2 is 1.56 bits per heavy atom. The minimum atomic E-state index is -0.379. The van der Waals surface area contributed by atoms with Gasteiger partial charge in [0.05, 0.1) is 13.7 Å². The summed E-state index contributed by atoms with van der Waals surface area (Å²) in [7, 11) is 1.60. The molecule has 0 aliphatic heterocycles. The van der Waals surface area contributed by atoms with Crippen LogP contribution in [-0.4, -0.2) is 42.6 Å². The zero-order chi connectivity index (χ0) is 19.9. The highest BCUT2D eigenvalue weighted by molar-refractivity contribution is 5.96. The Balaban J connectivity index is 1.84. The molecule has 2 N–H and O–H groups in total. The van der Waals surface area contributed by atoms with E-state index in [1.165, 1.54) is 0 Å². The highest BCUT2D eigenvalue weighted by Gasteiger charge is 2.17. The number of nitrogens with zero attached hydrogens (tertiary/aromatic N) is 1. The number of benzene rings is 1. The predicted molar refractivity (Wildman–Crippen MR) is 102 cm³/mol. The molecule has 0 spiro atoms. The molecule has 1 heterocycles. The van der Waals surface area contributed by atoms with E-state index < -0.39 is 0 Å². The highest BCUT2D eigenvalue weighted by Crippen LogP contribution is 2.16. The molecule has 2 rings (SSSR count). The molecule has 0 unspecified atom stereocenters. The van der Waals surface area contributed by atoms with Crippen LogP contribution in [0.1, 0.15) is 41.7 Å². The van der Waals surface area contributed by atoms with Gasteiger partial charge in [0.25, 0.3) is 11.8 Å². The minimum absolute atomic E-state index is 0.181. The molecule has 7 nitrogen and oxygen atoms in total. The SMILES string of the molecule is COc1ccc(OCCNC(=O)c2cccc(C(=O)NC(C)(C)C)n2)cc1. The molecular weight excluding hydrogens is 346 g/mol. The van der Waals surface area contributed by atoms with Gasteiger partial charge in [-0.2, -0.15) is 0 Å². The van der Waals surface area contributed by atoms with Crippen molar-refractivity contribution in [2.45, 2.75) is 26.3 Å². The number of aromatic nitrogens is 1. The van der Waals surface area contributed by atoms with Crippen LogP contribution in [0.15, 0.2) is 42.5 Å². The van der Waals surface area contributed by atoms with Gasteiger partial charge < -0.3 is 20.1 Å². The molecule has 0 aliphatic carbocycles. The second kappa shape index (κ2) is 9.02. The van der Waals surface area contributed by atoms with Gasteiger partial charge in [-0.15, -0.1) is 0 Å². The third-order valence-corrected chi connectivity index (χ3v) is 3.42. The summed E-state index contributed by atoms with van der Waals surface area (Å²) in [4.78, 5) is 28.5. The molecule has 1 aromatic heterocycles. The van der Waals surface area contributed by atoms with E-state index >= 15 is 0 Å². The fraction of sp³-hybridized carbons (Fsp3) is 0.350. The molecule has 0 atom stereocenters. The van der Waals surface area contributed by atoms with Crippen molar-refractivity contribution in [3.63, 3.8) is 0 Å². The summed E-state index contributed by atoms with van der Waals surface area (Å²) < 4.78 is 10.6. The zero-order valence-corrected chi connectivity index (χ0v) is 16.0. The van der Waals surface area contributed by atoms with Crippen molar-refractivity contribution in [1.82, 2.24) is 15.6 Å². The van der Waals surface area contributed by atoms with Crippen molar-refractivity contribution < 1.29 is 19.1 Å². The maximum atomic E-state index is 12.2. The van der Waals surface area contributed by atoms with Gasteiger partial charge in [0, 0.05) is 5.54 Å². The third-order valence-electron chi connectivity index (χ3n) is 3.42. The van der Waals surface area contributed by atoms with E-state index in [1.54, 1.807) is 49.6 Å². The van der Waals surface area contributed by atoms with Crippen LogP contribution >= 0.6 is 0 Å². The quantitative estimate of drug-likeness (QED) is 0.730. The lowest BCUT2D eigenvalue weighted by Gasteiger charge is -2.20. The van der Waals surface area contributed by atoms with E-state index in [1.807, 2.05) is 20.8 Å². The van der Waals surface area contributed by atoms with Crippen LogP contribution in [0.2, 0.25) is 0 Å². The average Bonchev–Trinajstić information content (AvgIpc) is 2.64. The van der Waals surface area contributed by atoms with Gasteiger partial charge in [-0.25, -0.2) is 4.98 Å². The van der Waals surface area contributed by atoms with Crippen molar-refractivity contribution in [3.8, 4) is 11.5 Å². The Bertz CT molecular complexity index is 783. The first-order valence-electron chi connectivity index (χ1n) is 8.63. The molecule has 0 fully saturated rings. The van der Waals surface area contributed by atoms with Crippen LogP contribution in [0.4, 0.5) is 0 Å². The Labute approximate surface area is 159 Å². The first-order valence-corrected chi connectivity index (χ1v) is 8.63. The van der Waals surface area contributed by atoms with Crippen molar-refractivity contribution >= 4 is 11.8 Å². The van der Waals surface area contributed by atoms with Crippen LogP contribution in [0.25, 0.3) is 0 Å². The summed E-state index contributed by atoms with van der Waals surface area (Å²) in [5, 5.41) is 5.54. The fourth-order valence-electron chi connectivity index (χ4n) is 2.19. The van der Waals surface area contributed by atoms with Gasteiger partial charge in [0.15, 0.2) is 0 Å². The second-order valence-corrected chi connectivity index (χ2v) is 6.89. The zero-order valence-electron chi connectivity index (χ0n) is 16.0. The van der Waals surface area contributed by atoms with E-state index in [0.717, 1.165) is 5.75 Å². The number of carbonyl (C=O) groups is 2. The third kappa shape index (κ3) is 6.62. The number of ether oxygens (including phenoxy) is 2. The number of hydrogen-bond donors (Lipinski definition) is 2. The Morgan fingerprint density at radius 1 is 0.963 bits per heavy atom. The van der Waals surface area contributed by atoms with Crippen LogP contribution in [0.3, 0.4) is 0 Å². The predicted octanol–water partition coefficient (Wildman–Crippen LogP) is 2.43. The number of hydrogen-bond acceptors (Lipinski definition) is 5. The van der Waals surface area contributed by atoms with Crippen molar-refractivity contribution in [2.75, 3.05) is 20.3 Å². The average molecular weight is 371 g/mol. The molecule has 0 saturated carbocycles. The lowest BCUT2D eigenvalue weighted by molar-refractivity contribution is 0.0914. The van der Waals surface area contributed by atoms with Crippen molar-refractivity contribution in [2.24, 2.45) is 0 Å². The van der Waals surface area contributed by atoms with Gasteiger partial charge >= 0.3 is 0 Å². The molecule has 0 radical (unpaired) electrons. The first-order chi connectivity index (χ1) is 12.8. The number of carbonyl (C=O) groups excluding carboxylic acids is 2. The topological polar surface area (TPSA) is 89.5 Å². The Kier molecular flexibility index (Phi) is 6.76. The van der Waals surface area contributed by atoms with Crippen LogP contribution < -0.4 is 20.1 Å². The maximum Gasteiger partial charge on any atom is 0.270 e. The van der Waals surface area contributed by atoms with Crippen LogP contribution in [0.5, 0.6) is 11.5 Å². The van der Waals surface area contributed by atoms with Crippen LogP contribution in [-0.2, 0) is 0 Å². The lowest BCUT2D eigenvalue weighted by Crippen LogP contribution is -2.41. The maximum absolute atomic E-state index is 12.2. The summed E-state index contributed by atoms with van der Waals surface area (Å²) in [5.74, 6) is 0.750. The van der Waals surface area contributed by atoms with Gasteiger partial charge in [-0.1, -0.05) is 6.07 Å². The first kappa shape index (κ1) is 20.2. The van der Waals surface area contributed by atoms with Crippen molar-refractivity contribution in [1.29, 1.82) is 0 Å². The molecule has 0 aliphatic rings. The Hall–Kier alpha value is -3.09. The Morgan fingerprint density at radius 3 is 2.15 bits per heavy atom. The number of nitrogens with one attached hydrogen (secondary N) is 2. The number of rotatable bonds is 7. The standard InChI is InChI=1S/C20H25N3O4/c1-20(2,3)23-19(25)17-7-5-6-16(22-17)18(24)21-12-13-27-15-10-8-14(26-4)9-11-15/h5-11H,12-13H2,1-4H3,(H,21,24)(H,23,25). The lowest BCUT2D eigenvalue weighted by atomic mass is 10.1. The molecule has 7 heteroatoms. The van der Waals surface area contributed by atoms with E-state index in [4.69, 9.17) is 9.47 Å². The molecule has 27 heavy (non-hydrogen) atoms. The van der Waals surface area contributed by atoms with Gasteiger partial charge in [-0.05, 0) is 57.2 Å². The normalized spacial score (nSPS) is 10.8. The minimum Gasteiger partial charge on any atom is -0.497 e. The van der Waals surface area contributed by atoms with E-state index in [9.17, 15) is 9.59 Å². The number of amides is 2. The molecule has 2 amide bonds. The largest absolute Gasteiger partial charge is 0.497 e. The summed E-state index contributed by atoms with van der Waals surface area (Å²) in [6.07, 6.45) is 0. The van der Waals surface area contributed by atoms with E-state index in [2.05, 4.69) is 15.6 Å². The van der Waals surface area contributed by atoms with E-state index in [0.29, 0.717) is 18.9 Å². The number of pyridine rings is 1. The highest BCUT2D eigenvalue weighted by atomic mass is 16.5. The van der Waals surface area contributed by atoms with Crippen molar-refractivity contribution in [3.05, 3.63) is 53.9 Å². The molecular formula is C20H25N3O4. The molecule has 0 bridgehead atoms. The fourth-order valence-corrected chi connectivity index (χ4v) is 2.19. The monoisotopic (exact) mass is 371 g/mol. The second-order valence-electron chi connectivity index (χ2n) is 6.89. The summed E-state index contributed by atoms with van der Waals surface area (Å²) in [5.41, 5.74) is 0.00332. The van der Waals surface area contributed by atoms with Gasteiger partial charge in [0.2, 0.25) is 0 Å². The van der Waals surface area contributed by atoms with Gasteiger partial charge in [-0.3, -0.25) is 9.59 Å². The summed E-state index contributed by atoms with van der Waals surface area (Å²) in [6, 6.07) is 11.9. The number of methoxy groups -OCH3 is 1.